The zero-order valence-corrected chi connectivity index (χ0v) is 8.71. The van der Waals surface area contributed by atoms with Gasteiger partial charge in [0.15, 0.2) is 0 Å². The highest BCUT2D eigenvalue weighted by molar-refractivity contribution is 14.1. The molecular weight excluding hydrogens is 239 g/mol. The molecule has 0 saturated carbocycles. The van der Waals surface area contributed by atoms with Crippen LogP contribution in [-0.2, 0) is 0 Å². The van der Waals surface area contributed by atoms with Gasteiger partial charge in [-0.15, -0.1) is 0 Å². The first-order valence-corrected chi connectivity index (χ1v) is 4.84. The Morgan fingerprint density at radius 2 is 2.10 bits per heavy atom. The van der Waals surface area contributed by atoms with Crippen LogP contribution in [0.1, 0.15) is 20.3 Å². The first kappa shape index (κ1) is 10.4. The van der Waals surface area contributed by atoms with Gasteiger partial charge in [0.25, 0.3) is 0 Å². The average molecular weight is 254 g/mol. The standard InChI is InChI=1S/C8H15IO/c1-7(3-5-9)8(2)4-6-10/h3,5,7-8,10H,4,6H2,1-2H3/b5-3-/t7-,8-/m0/s1. The average Bonchev–Trinajstić information content (AvgIpc) is 1.89. The lowest BCUT2D eigenvalue weighted by atomic mass is 9.94. The van der Waals surface area contributed by atoms with Crippen molar-refractivity contribution in [3.63, 3.8) is 0 Å². The van der Waals surface area contributed by atoms with Crippen LogP contribution in [0.5, 0.6) is 0 Å². The van der Waals surface area contributed by atoms with E-state index < -0.39 is 0 Å². The molecule has 0 aromatic heterocycles. The highest BCUT2D eigenvalue weighted by atomic mass is 127. The van der Waals surface area contributed by atoms with E-state index in [4.69, 9.17) is 5.11 Å². The van der Waals surface area contributed by atoms with E-state index in [1.807, 2.05) is 4.08 Å². The van der Waals surface area contributed by atoms with Crippen LogP contribution in [0.4, 0.5) is 0 Å². The van der Waals surface area contributed by atoms with Crippen LogP contribution in [0.3, 0.4) is 0 Å². The SMILES string of the molecule is C[C@@H](/C=C\I)[C@@H](C)CCO. The zero-order valence-electron chi connectivity index (χ0n) is 6.55. The summed E-state index contributed by atoms with van der Waals surface area (Å²) >= 11 is 2.22. The molecule has 0 heterocycles. The Hall–Kier alpha value is 0.430. The predicted octanol–water partition coefficient (Wildman–Crippen LogP) is 2.59. The summed E-state index contributed by atoms with van der Waals surface area (Å²) in [6.45, 7) is 4.65. The van der Waals surface area contributed by atoms with Gasteiger partial charge in [0.1, 0.15) is 0 Å². The Bertz CT molecular complexity index is 101. The molecular formula is C8H15IO. The van der Waals surface area contributed by atoms with E-state index in [0.29, 0.717) is 18.4 Å². The summed E-state index contributed by atoms with van der Waals surface area (Å²) in [6.07, 6.45) is 3.07. The minimum absolute atomic E-state index is 0.306. The zero-order chi connectivity index (χ0) is 7.98. The fourth-order valence-corrected chi connectivity index (χ4v) is 1.43. The van der Waals surface area contributed by atoms with Gasteiger partial charge in [-0.05, 0) is 22.3 Å². The van der Waals surface area contributed by atoms with Crippen molar-refractivity contribution >= 4 is 22.6 Å². The van der Waals surface area contributed by atoms with Gasteiger partial charge in [-0.25, -0.2) is 0 Å². The summed E-state index contributed by atoms with van der Waals surface area (Å²) < 4.78 is 2.04. The Kier molecular flexibility index (Phi) is 6.43. The van der Waals surface area contributed by atoms with E-state index in [9.17, 15) is 0 Å². The van der Waals surface area contributed by atoms with Gasteiger partial charge in [-0.3, -0.25) is 0 Å². The van der Waals surface area contributed by atoms with Crippen LogP contribution in [-0.4, -0.2) is 11.7 Å². The van der Waals surface area contributed by atoms with Gasteiger partial charge in [-0.1, -0.05) is 42.5 Å². The lowest BCUT2D eigenvalue weighted by Crippen LogP contribution is -2.06. The van der Waals surface area contributed by atoms with Crippen LogP contribution in [0, 0.1) is 11.8 Å². The van der Waals surface area contributed by atoms with Gasteiger partial charge in [-0.2, -0.15) is 0 Å². The van der Waals surface area contributed by atoms with Gasteiger partial charge in [0.2, 0.25) is 0 Å². The lowest BCUT2D eigenvalue weighted by molar-refractivity contribution is 0.248. The molecule has 2 heteroatoms. The maximum absolute atomic E-state index is 8.63. The van der Waals surface area contributed by atoms with Crippen molar-refractivity contribution in [3.05, 3.63) is 10.2 Å². The molecule has 0 aliphatic rings. The first-order valence-electron chi connectivity index (χ1n) is 3.60. The van der Waals surface area contributed by atoms with Crippen molar-refractivity contribution in [2.45, 2.75) is 20.3 Å². The summed E-state index contributed by atoms with van der Waals surface area (Å²) in [5, 5.41) is 8.63. The number of rotatable bonds is 4. The van der Waals surface area contributed by atoms with E-state index in [2.05, 4.69) is 42.5 Å². The van der Waals surface area contributed by atoms with E-state index in [1.54, 1.807) is 0 Å². The van der Waals surface area contributed by atoms with Gasteiger partial charge < -0.3 is 5.11 Å². The second-order valence-corrected chi connectivity index (χ2v) is 3.39. The Labute approximate surface area is 76.7 Å². The molecule has 2 atom stereocenters. The number of allylic oxidation sites excluding steroid dienone is 1. The van der Waals surface area contributed by atoms with Crippen LogP contribution < -0.4 is 0 Å². The van der Waals surface area contributed by atoms with E-state index >= 15 is 0 Å². The van der Waals surface area contributed by atoms with Crippen molar-refractivity contribution in [2.24, 2.45) is 11.8 Å². The minimum atomic E-state index is 0.306. The van der Waals surface area contributed by atoms with Crippen molar-refractivity contribution in [1.29, 1.82) is 0 Å². The highest BCUT2D eigenvalue weighted by Crippen LogP contribution is 2.16. The molecule has 0 rings (SSSR count). The van der Waals surface area contributed by atoms with Gasteiger partial charge in [0.05, 0.1) is 0 Å². The summed E-state index contributed by atoms with van der Waals surface area (Å²) in [7, 11) is 0. The first-order chi connectivity index (χ1) is 4.72. The third kappa shape index (κ3) is 4.28. The van der Waals surface area contributed by atoms with Crippen molar-refractivity contribution in [3.8, 4) is 0 Å². The number of aliphatic hydroxyl groups excluding tert-OH is 1. The summed E-state index contributed by atoms with van der Waals surface area (Å²) in [5.74, 6) is 1.18. The number of aliphatic hydroxyl groups is 1. The third-order valence-electron chi connectivity index (χ3n) is 1.86. The van der Waals surface area contributed by atoms with Gasteiger partial charge >= 0.3 is 0 Å². The van der Waals surface area contributed by atoms with E-state index in [0.717, 1.165) is 6.42 Å². The van der Waals surface area contributed by atoms with Crippen molar-refractivity contribution < 1.29 is 5.11 Å². The molecule has 0 aromatic carbocycles. The largest absolute Gasteiger partial charge is 0.396 e. The molecule has 1 nitrogen and oxygen atoms in total. The van der Waals surface area contributed by atoms with Crippen molar-refractivity contribution in [2.75, 3.05) is 6.61 Å². The molecule has 0 fully saturated rings. The molecule has 10 heavy (non-hydrogen) atoms. The summed E-state index contributed by atoms with van der Waals surface area (Å²) in [6, 6.07) is 0. The molecule has 0 bridgehead atoms. The minimum Gasteiger partial charge on any atom is -0.396 e. The van der Waals surface area contributed by atoms with Crippen molar-refractivity contribution in [1.82, 2.24) is 0 Å². The Morgan fingerprint density at radius 3 is 2.50 bits per heavy atom. The highest BCUT2D eigenvalue weighted by Gasteiger charge is 2.06. The maximum Gasteiger partial charge on any atom is 0.0433 e. The van der Waals surface area contributed by atoms with Crippen LogP contribution in [0.25, 0.3) is 0 Å². The van der Waals surface area contributed by atoms with Gasteiger partial charge in [0, 0.05) is 6.61 Å². The quantitative estimate of drug-likeness (QED) is 0.764. The van der Waals surface area contributed by atoms with Crippen LogP contribution in [0.2, 0.25) is 0 Å². The fourth-order valence-electron chi connectivity index (χ4n) is 0.771. The summed E-state index contributed by atoms with van der Waals surface area (Å²) in [4.78, 5) is 0. The molecule has 0 aliphatic carbocycles. The van der Waals surface area contributed by atoms with E-state index in [1.165, 1.54) is 0 Å². The normalized spacial score (nSPS) is 17.6. The summed E-state index contributed by atoms with van der Waals surface area (Å²) in [5.41, 5.74) is 0. The predicted molar refractivity (Wildman–Crippen MR) is 53.2 cm³/mol. The molecule has 0 saturated heterocycles. The van der Waals surface area contributed by atoms with Crippen LogP contribution >= 0.6 is 22.6 Å². The monoisotopic (exact) mass is 254 g/mol. The number of hydrogen-bond donors (Lipinski definition) is 1. The molecule has 1 N–H and O–H groups in total. The lowest BCUT2D eigenvalue weighted by Gasteiger charge is -2.13. The Balaban J connectivity index is 3.58. The molecule has 0 aromatic rings. The molecule has 0 spiro atoms. The number of hydrogen-bond acceptors (Lipinski definition) is 1. The van der Waals surface area contributed by atoms with Crippen LogP contribution in [0.15, 0.2) is 10.2 Å². The molecule has 0 amide bonds. The third-order valence-corrected chi connectivity index (χ3v) is 2.27. The smallest absolute Gasteiger partial charge is 0.0433 e. The molecule has 60 valence electrons. The van der Waals surface area contributed by atoms with E-state index in [-0.39, 0.29) is 0 Å². The number of halogens is 1. The molecule has 0 radical (unpaired) electrons. The molecule has 0 unspecified atom stereocenters. The molecule has 0 aliphatic heterocycles. The fraction of sp³-hybridized carbons (Fsp3) is 0.750. The topological polar surface area (TPSA) is 20.2 Å². The Morgan fingerprint density at radius 1 is 1.50 bits per heavy atom. The maximum atomic E-state index is 8.63. The second kappa shape index (κ2) is 6.16. The second-order valence-electron chi connectivity index (χ2n) is 2.67.